The highest BCUT2D eigenvalue weighted by molar-refractivity contribution is 5.74. The van der Waals surface area contributed by atoms with Crippen molar-refractivity contribution in [3.63, 3.8) is 0 Å². The fraction of sp³-hybridized carbons (Fsp3) is 0.917. The number of aliphatic carboxylic acids is 1. The van der Waals surface area contributed by atoms with Crippen LogP contribution >= 0.6 is 0 Å². The Balaban J connectivity index is 2.04. The summed E-state index contributed by atoms with van der Waals surface area (Å²) >= 11 is 0. The van der Waals surface area contributed by atoms with Crippen LogP contribution in [0.4, 0.5) is 0 Å². The van der Waals surface area contributed by atoms with Gasteiger partial charge in [0.15, 0.2) is 0 Å². The number of carboxylic acid groups (broad SMARTS) is 1. The van der Waals surface area contributed by atoms with Crippen LogP contribution in [0, 0.1) is 5.92 Å². The number of carboxylic acids is 1. The lowest BCUT2D eigenvalue weighted by Crippen LogP contribution is -2.51. The van der Waals surface area contributed by atoms with Gasteiger partial charge in [-0.1, -0.05) is 6.42 Å². The molecule has 1 saturated heterocycles. The molecule has 2 rings (SSSR count). The summed E-state index contributed by atoms with van der Waals surface area (Å²) in [6.07, 6.45) is 6.13. The molecule has 2 N–H and O–H groups in total. The van der Waals surface area contributed by atoms with Crippen LogP contribution in [-0.2, 0) is 4.79 Å². The molecule has 0 amide bonds. The fourth-order valence-corrected chi connectivity index (χ4v) is 2.87. The van der Waals surface area contributed by atoms with Crippen molar-refractivity contribution in [1.29, 1.82) is 0 Å². The van der Waals surface area contributed by atoms with Gasteiger partial charge in [-0.25, -0.2) is 0 Å². The lowest BCUT2D eigenvalue weighted by atomic mass is 9.96. The van der Waals surface area contributed by atoms with Gasteiger partial charge in [-0.2, -0.15) is 0 Å². The fourth-order valence-electron chi connectivity index (χ4n) is 2.87. The zero-order chi connectivity index (χ0) is 11.5. The number of piperidine rings is 1. The highest BCUT2D eigenvalue weighted by atomic mass is 16.4. The second kappa shape index (κ2) is 5.15. The lowest BCUT2D eigenvalue weighted by molar-refractivity contribution is -0.146. The zero-order valence-electron chi connectivity index (χ0n) is 9.64. The molecule has 1 heterocycles. The van der Waals surface area contributed by atoms with Crippen LogP contribution in [0.25, 0.3) is 0 Å². The Morgan fingerprint density at radius 3 is 2.62 bits per heavy atom. The molecule has 0 spiro atoms. The van der Waals surface area contributed by atoms with E-state index in [9.17, 15) is 9.90 Å². The quantitative estimate of drug-likeness (QED) is 0.738. The Labute approximate surface area is 96.3 Å². The molecule has 4 nitrogen and oxygen atoms in total. The molecule has 4 heteroatoms. The maximum atomic E-state index is 11.3. The molecule has 0 bridgehead atoms. The number of nitrogens with zero attached hydrogens (tertiary/aromatic N) is 1. The SMILES string of the molecule is O=C(O)C(C1CC1)N1CCCCC1CCO. The number of hydrogen-bond donors (Lipinski definition) is 2. The Morgan fingerprint density at radius 2 is 2.06 bits per heavy atom. The van der Waals surface area contributed by atoms with Crippen molar-refractivity contribution in [2.75, 3.05) is 13.2 Å². The number of aliphatic hydroxyl groups excluding tert-OH is 1. The van der Waals surface area contributed by atoms with Crippen LogP contribution in [0.1, 0.15) is 38.5 Å². The van der Waals surface area contributed by atoms with Gasteiger partial charge in [-0.3, -0.25) is 9.69 Å². The second-order valence-corrected chi connectivity index (χ2v) is 5.02. The van der Waals surface area contributed by atoms with Crippen molar-refractivity contribution in [2.24, 2.45) is 5.92 Å². The topological polar surface area (TPSA) is 60.8 Å². The zero-order valence-corrected chi connectivity index (χ0v) is 9.64. The normalized spacial score (nSPS) is 28.9. The van der Waals surface area contributed by atoms with Crippen molar-refractivity contribution >= 4 is 5.97 Å². The minimum atomic E-state index is -0.674. The van der Waals surface area contributed by atoms with E-state index in [1.165, 1.54) is 0 Å². The van der Waals surface area contributed by atoms with Crippen molar-refractivity contribution in [2.45, 2.75) is 50.6 Å². The first kappa shape index (κ1) is 11.9. The molecule has 0 aromatic rings. The van der Waals surface area contributed by atoms with E-state index in [1.54, 1.807) is 0 Å². The lowest BCUT2D eigenvalue weighted by Gasteiger charge is -2.39. The molecule has 0 aromatic carbocycles. The van der Waals surface area contributed by atoms with Gasteiger partial charge >= 0.3 is 5.97 Å². The summed E-state index contributed by atoms with van der Waals surface area (Å²) in [6.45, 7) is 1.05. The molecule has 2 unspecified atom stereocenters. The smallest absolute Gasteiger partial charge is 0.321 e. The first-order valence-electron chi connectivity index (χ1n) is 6.33. The van der Waals surface area contributed by atoms with Crippen molar-refractivity contribution in [1.82, 2.24) is 4.90 Å². The highest BCUT2D eigenvalue weighted by Crippen LogP contribution is 2.38. The molecule has 2 aliphatic rings. The number of rotatable bonds is 5. The summed E-state index contributed by atoms with van der Waals surface area (Å²) in [4.78, 5) is 13.5. The summed E-state index contributed by atoms with van der Waals surface area (Å²) in [5, 5.41) is 18.4. The van der Waals surface area contributed by atoms with E-state index < -0.39 is 5.97 Å². The average molecular weight is 227 g/mol. The standard InChI is InChI=1S/C12H21NO3/c14-8-6-10-3-1-2-7-13(10)11(12(15)16)9-4-5-9/h9-11,14H,1-8H2,(H,15,16). The van der Waals surface area contributed by atoms with E-state index in [0.29, 0.717) is 5.92 Å². The van der Waals surface area contributed by atoms with E-state index in [-0.39, 0.29) is 18.7 Å². The van der Waals surface area contributed by atoms with E-state index in [1.807, 2.05) is 0 Å². The highest BCUT2D eigenvalue weighted by Gasteiger charge is 2.42. The molecule has 2 atom stereocenters. The second-order valence-electron chi connectivity index (χ2n) is 5.02. The number of aliphatic hydroxyl groups is 1. The van der Waals surface area contributed by atoms with Crippen LogP contribution in [0.2, 0.25) is 0 Å². The first-order chi connectivity index (χ1) is 7.74. The molecule has 0 radical (unpaired) electrons. The van der Waals surface area contributed by atoms with Gasteiger partial charge in [0.05, 0.1) is 0 Å². The van der Waals surface area contributed by atoms with Gasteiger partial charge in [0.25, 0.3) is 0 Å². The maximum absolute atomic E-state index is 11.3. The van der Waals surface area contributed by atoms with E-state index >= 15 is 0 Å². The third-order valence-corrected chi connectivity index (χ3v) is 3.81. The number of carbonyl (C=O) groups is 1. The van der Waals surface area contributed by atoms with E-state index in [0.717, 1.165) is 45.1 Å². The summed E-state index contributed by atoms with van der Waals surface area (Å²) < 4.78 is 0. The van der Waals surface area contributed by atoms with Crippen LogP contribution < -0.4 is 0 Å². The summed E-state index contributed by atoms with van der Waals surface area (Å²) in [5.41, 5.74) is 0. The molecule has 1 aliphatic carbocycles. The van der Waals surface area contributed by atoms with Crippen LogP contribution in [-0.4, -0.2) is 46.3 Å². The third kappa shape index (κ3) is 2.55. The maximum Gasteiger partial charge on any atom is 0.321 e. The molecule has 1 saturated carbocycles. The minimum Gasteiger partial charge on any atom is -0.480 e. The summed E-state index contributed by atoms with van der Waals surface area (Å²) in [5.74, 6) is -0.316. The predicted molar refractivity (Wildman–Crippen MR) is 60.2 cm³/mol. The van der Waals surface area contributed by atoms with Crippen LogP contribution in [0.15, 0.2) is 0 Å². The minimum absolute atomic E-state index is 0.165. The first-order valence-corrected chi connectivity index (χ1v) is 6.33. The average Bonchev–Trinajstić information content (AvgIpc) is 3.05. The van der Waals surface area contributed by atoms with Crippen molar-refractivity contribution in [3.8, 4) is 0 Å². The van der Waals surface area contributed by atoms with E-state index in [2.05, 4.69) is 4.90 Å². The molecule has 92 valence electrons. The van der Waals surface area contributed by atoms with E-state index in [4.69, 9.17) is 5.11 Å². The summed E-state index contributed by atoms with van der Waals surface area (Å²) in [7, 11) is 0. The van der Waals surface area contributed by atoms with Gasteiger partial charge in [-0.05, 0) is 44.6 Å². The Bertz CT molecular complexity index is 251. The Morgan fingerprint density at radius 1 is 1.31 bits per heavy atom. The van der Waals surface area contributed by atoms with Gasteiger partial charge < -0.3 is 10.2 Å². The molecular weight excluding hydrogens is 206 g/mol. The predicted octanol–water partition coefficient (Wildman–Crippen LogP) is 1.09. The van der Waals surface area contributed by atoms with Gasteiger partial charge in [0, 0.05) is 12.6 Å². The largest absolute Gasteiger partial charge is 0.480 e. The van der Waals surface area contributed by atoms with Gasteiger partial charge in [-0.15, -0.1) is 0 Å². The monoisotopic (exact) mass is 227 g/mol. The summed E-state index contributed by atoms with van der Waals surface area (Å²) in [6, 6.07) is -0.0164. The molecule has 16 heavy (non-hydrogen) atoms. The molecule has 0 aromatic heterocycles. The van der Waals surface area contributed by atoms with Gasteiger partial charge in [0.2, 0.25) is 0 Å². The van der Waals surface area contributed by atoms with Crippen molar-refractivity contribution < 1.29 is 15.0 Å². The molecule has 1 aliphatic heterocycles. The molecular formula is C12H21NO3. The third-order valence-electron chi connectivity index (χ3n) is 3.81. The molecule has 2 fully saturated rings. The van der Waals surface area contributed by atoms with Crippen LogP contribution in [0.3, 0.4) is 0 Å². The Kier molecular flexibility index (Phi) is 3.82. The number of hydrogen-bond acceptors (Lipinski definition) is 3. The van der Waals surface area contributed by atoms with Gasteiger partial charge in [0.1, 0.15) is 6.04 Å². The van der Waals surface area contributed by atoms with Crippen LogP contribution in [0.5, 0.6) is 0 Å². The Hall–Kier alpha value is -0.610. The number of likely N-dealkylation sites (tertiary alicyclic amines) is 1. The van der Waals surface area contributed by atoms with Crippen molar-refractivity contribution in [3.05, 3.63) is 0 Å².